The van der Waals surface area contributed by atoms with Crippen molar-refractivity contribution in [3.63, 3.8) is 0 Å². The minimum absolute atomic E-state index is 0.136. The predicted octanol–water partition coefficient (Wildman–Crippen LogP) is -3.48. The number of nitrogen functional groups attached to an aromatic ring is 1. The van der Waals surface area contributed by atoms with Crippen LogP contribution in [-0.4, -0.2) is 54.5 Å². The molecule has 1 fully saturated rings. The summed E-state index contributed by atoms with van der Waals surface area (Å²) in [4.78, 5) is 54.6. The molecule has 1 aliphatic heterocycles. The molecule has 0 bridgehead atoms. The summed E-state index contributed by atoms with van der Waals surface area (Å²) in [5.74, 6) is -0.136. The van der Waals surface area contributed by atoms with Gasteiger partial charge in [-0.05, 0) is 6.07 Å². The second-order valence-electron chi connectivity index (χ2n) is 5.43. The van der Waals surface area contributed by atoms with Gasteiger partial charge in [0.1, 0.15) is 24.1 Å². The van der Waals surface area contributed by atoms with Crippen LogP contribution in [0.25, 0.3) is 0 Å². The highest BCUT2D eigenvalue weighted by molar-refractivity contribution is 7.65. The molecule has 0 saturated carbocycles. The molecule has 2 heterocycles. The Balaban J connectivity index is 2.05. The Morgan fingerprint density at radius 3 is 2.34 bits per heavy atom. The van der Waals surface area contributed by atoms with E-state index in [2.05, 4.69) is 18.1 Å². The van der Waals surface area contributed by atoms with E-state index in [0.29, 0.717) is 0 Å². The number of phosphoric acid groups is 3. The lowest BCUT2D eigenvalue weighted by molar-refractivity contribution is -0.241. The SMILES string of the molecule is Nc1ccn([C@@H]2O[C@H](COP(=O)([O-])OP(=O)([O-])OP(=O)(O)O)[C@H](O)C2O)c(=O)n1. The van der Waals surface area contributed by atoms with E-state index >= 15 is 0 Å². The van der Waals surface area contributed by atoms with Crippen molar-refractivity contribution in [2.24, 2.45) is 0 Å². The van der Waals surface area contributed by atoms with Gasteiger partial charge in [0.15, 0.2) is 6.23 Å². The second-order valence-corrected chi connectivity index (χ2v) is 9.77. The Labute approximate surface area is 160 Å². The van der Waals surface area contributed by atoms with E-state index in [-0.39, 0.29) is 5.82 Å². The lowest BCUT2D eigenvalue weighted by Crippen LogP contribution is -2.36. The topological polar surface area (TPSA) is 276 Å². The van der Waals surface area contributed by atoms with Gasteiger partial charge in [0.25, 0.3) is 15.6 Å². The van der Waals surface area contributed by atoms with Gasteiger partial charge in [-0.1, -0.05) is 0 Å². The first-order valence-corrected chi connectivity index (χ1v) is 11.7. The zero-order valence-electron chi connectivity index (χ0n) is 13.9. The van der Waals surface area contributed by atoms with Crippen molar-refractivity contribution in [3.05, 3.63) is 22.7 Å². The molecule has 6 N–H and O–H groups in total. The Morgan fingerprint density at radius 2 is 1.79 bits per heavy atom. The van der Waals surface area contributed by atoms with Crippen molar-refractivity contribution in [2.75, 3.05) is 12.3 Å². The van der Waals surface area contributed by atoms with Gasteiger partial charge in [-0.15, -0.1) is 0 Å². The Bertz CT molecular complexity index is 946. The van der Waals surface area contributed by atoms with E-state index in [0.717, 1.165) is 10.8 Å². The van der Waals surface area contributed by atoms with Crippen LogP contribution in [0, 0.1) is 0 Å². The van der Waals surface area contributed by atoms with Crippen LogP contribution in [0.4, 0.5) is 5.82 Å². The number of aliphatic hydroxyl groups excluding tert-OH is 2. The fourth-order valence-electron chi connectivity index (χ4n) is 2.17. The lowest BCUT2D eigenvalue weighted by atomic mass is 10.1. The summed E-state index contributed by atoms with van der Waals surface area (Å²) in [5, 5.41) is 19.9. The van der Waals surface area contributed by atoms with Gasteiger partial charge < -0.3 is 44.8 Å². The summed E-state index contributed by atoms with van der Waals surface area (Å²) in [7, 11) is -17.4. The molecule has 0 amide bonds. The molecule has 1 aromatic rings. The molecule has 29 heavy (non-hydrogen) atoms. The summed E-state index contributed by atoms with van der Waals surface area (Å²) in [6, 6.07) is 1.18. The number of hydrogen-bond donors (Lipinski definition) is 5. The number of phosphoric ester groups is 1. The third kappa shape index (κ3) is 6.73. The van der Waals surface area contributed by atoms with E-state index in [9.17, 15) is 38.5 Å². The van der Waals surface area contributed by atoms with Gasteiger partial charge >= 0.3 is 13.5 Å². The minimum Gasteiger partial charge on any atom is -0.756 e. The molecule has 0 radical (unpaired) electrons. The van der Waals surface area contributed by atoms with E-state index in [1.807, 2.05) is 0 Å². The molecular weight excluding hydrogens is 467 g/mol. The first-order valence-electron chi connectivity index (χ1n) is 7.21. The number of aromatic nitrogens is 2. The van der Waals surface area contributed by atoms with Crippen molar-refractivity contribution in [2.45, 2.75) is 24.5 Å². The summed E-state index contributed by atoms with van der Waals surface area (Å²) in [6.45, 7) is -1.11. The van der Waals surface area contributed by atoms with Gasteiger partial charge in [-0.2, -0.15) is 4.98 Å². The van der Waals surface area contributed by atoms with Crippen molar-refractivity contribution in [3.8, 4) is 0 Å². The Kier molecular flexibility index (Phi) is 7.20. The summed E-state index contributed by atoms with van der Waals surface area (Å²) < 4.78 is 49.8. The third-order valence-electron chi connectivity index (χ3n) is 3.27. The van der Waals surface area contributed by atoms with Crippen LogP contribution in [0.3, 0.4) is 0 Å². The molecule has 6 atom stereocenters. The van der Waals surface area contributed by atoms with Crippen LogP contribution in [-0.2, 0) is 31.6 Å². The fourth-order valence-corrected chi connectivity index (χ4v) is 5.10. The molecular formula is C9H14N3O14P3-2. The molecule has 0 spiro atoms. The molecule has 1 saturated heterocycles. The monoisotopic (exact) mass is 481 g/mol. The lowest BCUT2D eigenvalue weighted by Gasteiger charge is -2.30. The van der Waals surface area contributed by atoms with Crippen LogP contribution in [0.2, 0.25) is 0 Å². The highest BCUT2D eigenvalue weighted by Gasteiger charge is 2.45. The van der Waals surface area contributed by atoms with Crippen LogP contribution in [0.5, 0.6) is 0 Å². The minimum atomic E-state index is -6.03. The Morgan fingerprint density at radius 1 is 1.17 bits per heavy atom. The Hall–Kier alpha value is -1.03. The van der Waals surface area contributed by atoms with E-state index in [1.165, 1.54) is 6.07 Å². The number of ether oxygens (including phenoxy) is 1. The fraction of sp³-hybridized carbons (Fsp3) is 0.556. The zero-order chi connectivity index (χ0) is 22.2. The van der Waals surface area contributed by atoms with Crippen LogP contribution in [0.15, 0.2) is 17.1 Å². The number of aliphatic hydroxyl groups is 2. The molecule has 17 nitrogen and oxygen atoms in total. The van der Waals surface area contributed by atoms with Gasteiger partial charge in [0.2, 0.25) is 0 Å². The first kappa shape index (κ1) is 24.2. The van der Waals surface area contributed by atoms with Crippen molar-refractivity contribution < 1.29 is 61.4 Å². The maximum atomic E-state index is 11.8. The molecule has 1 aromatic heterocycles. The smallest absolute Gasteiger partial charge is 0.476 e. The number of hydrogen-bond acceptors (Lipinski definition) is 14. The summed E-state index contributed by atoms with van der Waals surface area (Å²) in [5.41, 5.74) is 4.36. The molecule has 20 heteroatoms. The highest BCUT2D eigenvalue weighted by Crippen LogP contribution is 2.62. The van der Waals surface area contributed by atoms with Gasteiger partial charge in [-0.3, -0.25) is 13.7 Å². The van der Waals surface area contributed by atoms with Crippen LogP contribution >= 0.6 is 23.5 Å². The van der Waals surface area contributed by atoms with Gasteiger partial charge in [-0.25, -0.2) is 18.0 Å². The normalized spacial score (nSPS) is 29.3. The van der Waals surface area contributed by atoms with Crippen molar-refractivity contribution in [1.29, 1.82) is 0 Å². The number of nitrogens with two attached hydrogens (primary N) is 1. The van der Waals surface area contributed by atoms with Crippen LogP contribution in [0.1, 0.15) is 6.23 Å². The average molecular weight is 481 g/mol. The standard InChI is InChI=1S/C9H16N3O14P3/c10-5-1-2-12(9(15)11-5)8-7(14)6(13)4(24-8)3-23-28(19,20)26-29(21,22)25-27(16,17)18/h1-2,4,6-8,13-14H,3H2,(H,19,20)(H,21,22)(H2,10,11,15)(H2,16,17,18)/p-2/t4-,6+,7?,8-/m1/s1. The van der Waals surface area contributed by atoms with Crippen molar-refractivity contribution in [1.82, 2.24) is 9.55 Å². The van der Waals surface area contributed by atoms with E-state index in [4.69, 9.17) is 20.3 Å². The molecule has 2 rings (SSSR count). The highest BCUT2D eigenvalue weighted by atomic mass is 31.3. The molecule has 3 unspecified atom stereocenters. The molecule has 0 aromatic carbocycles. The largest absolute Gasteiger partial charge is 0.756 e. The first-order chi connectivity index (χ1) is 13.1. The van der Waals surface area contributed by atoms with Gasteiger partial charge in [0.05, 0.1) is 6.61 Å². The molecule has 0 aliphatic carbocycles. The predicted molar refractivity (Wildman–Crippen MR) is 84.2 cm³/mol. The molecule has 1 aliphatic rings. The maximum absolute atomic E-state index is 11.8. The maximum Gasteiger partial charge on any atom is 0.476 e. The number of anilines is 1. The molecule has 166 valence electrons. The van der Waals surface area contributed by atoms with Crippen molar-refractivity contribution >= 4 is 29.3 Å². The summed E-state index contributed by atoms with van der Waals surface area (Å²) >= 11 is 0. The van der Waals surface area contributed by atoms with E-state index < -0.39 is 60.3 Å². The van der Waals surface area contributed by atoms with Crippen LogP contribution < -0.4 is 21.2 Å². The third-order valence-corrected chi connectivity index (χ3v) is 6.98. The average Bonchev–Trinajstić information content (AvgIpc) is 2.78. The number of nitrogens with zero attached hydrogens (tertiary/aromatic N) is 2. The summed E-state index contributed by atoms with van der Waals surface area (Å²) in [6.07, 6.45) is -5.57. The van der Waals surface area contributed by atoms with Gasteiger partial charge in [0, 0.05) is 6.20 Å². The van der Waals surface area contributed by atoms with E-state index in [1.54, 1.807) is 0 Å². The number of rotatable bonds is 8. The quantitative estimate of drug-likeness (QED) is 0.225. The zero-order valence-corrected chi connectivity index (χ0v) is 16.5. The second kappa shape index (κ2) is 8.61.